The Balaban J connectivity index is 3.62. The van der Waals surface area contributed by atoms with E-state index >= 15 is 0 Å². The molecule has 11 heavy (non-hydrogen) atoms. The number of nitriles is 1. The maximum absolute atomic E-state index is 7.79. The molecule has 0 heterocycles. The van der Waals surface area contributed by atoms with Gasteiger partial charge in [-0.05, 0) is 36.5 Å². The number of nitrogens with zero attached hydrogens (tertiary/aromatic N) is 9. The maximum atomic E-state index is 7.79. The van der Waals surface area contributed by atoms with Gasteiger partial charge in [0.05, 0.1) is 0 Å². The highest BCUT2D eigenvalue weighted by Crippen LogP contribution is 1.82. The molecule has 56 valence electrons. The van der Waals surface area contributed by atoms with Gasteiger partial charge in [0, 0.05) is 0 Å². The molecule has 0 radical (unpaired) electrons. The van der Waals surface area contributed by atoms with Crippen molar-refractivity contribution in [2.24, 2.45) is 47.5 Å². The summed E-state index contributed by atoms with van der Waals surface area (Å²) >= 11 is 0. The molecule has 0 aliphatic rings. The molecule has 0 saturated carbocycles. The molecular formula is CH2N10. The fourth-order valence-electron chi connectivity index (χ4n) is 0.135. The molecule has 10 nitrogen and oxygen atoms in total. The van der Waals surface area contributed by atoms with Gasteiger partial charge in [-0.2, -0.15) is 5.26 Å². The van der Waals surface area contributed by atoms with E-state index in [-0.39, 0.29) is 0 Å². The van der Waals surface area contributed by atoms with E-state index in [4.69, 9.17) is 5.26 Å². The lowest BCUT2D eigenvalue weighted by atomic mass is 11.5. The Morgan fingerprint density at radius 2 is 1.45 bits per heavy atom. The van der Waals surface area contributed by atoms with Crippen molar-refractivity contribution in [2.75, 3.05) is 0 Å². The zero-order chi connectivity index (χ0) is 8.36. The molecule has 0 aromatic carbocycles. The summed E-state index contributed by atoms with van der Waals surface area (Å²) in [5.74, 6) is 4.54. The first-order valence-electron chi connectivity index (χ1n) is 2.11. The Labute approximate surface area is 60.1 Å². The molecule has 0 fully saturated rings. The van der Waals surface area contributed by atoms with Crippen LogP contribution in [0.2, 0.25) is 0 Å². The summed E-state index contributed by atoms with van der Waals surface area (Å²) in [6, 6.07) is 0. The quantitative estimate of drug-likeness (QED) is 0.278. The Morgan fingerprint density at radius 1 is 0.909 bits per heavy atom. The molecule has 0 spiro atoms. The summed E-state index contributed by atoms with van der Waals surface area (Å²) < 4.78 is 0. The van der Waals surface area contributed by atoms with Crippen LogP contribution in [0.25, 0.3) is 0 Å². The Kier molecular flexibility index (Phi) is 6.08. The molecule has 0 aromatic heterocycles. The number of rotatable bonds is 3. The fraction of sp³-hybridized carbons (Fsp3) is 0. The number of nitrogens with two attached hydrogens (primary N) is 1. The summed E-state index contributed by atoms with van der Waals surface area (Å²) in [4.78, 5) is 0. The van der Waals surface area contributed by atoms with E-state index in [1.54, 1.807) is 0 Å². The largest absolute Gasteiger partial charge is 0.303 e. The van der Waals surface area contributed by atoms with E-state index < -0.39 is 0 Å². The van der Waals surface area contributed by atoms with E-state index in [1.807, 2.05) is 0 Å². The minimum Gasteiger partial charge on any atom is -0.303 e. The van der Waals surface area contributed by atoms with Crippen LogP contribution < -0.4 is 5.84 Å². The molecule has 0 aliphatic heterocycles. The van der Waals surface area contributed by atoms with Crippen molar-refractivity contribution in [3.05, 3.63) is 0 Å². The Morgan fingerprint density at radius 3 is 2.00 bits per heavy atom. The van der Waals surface area contributed by atoms with E-state index in [0.29, 0.717) is 0 Å². The van der Waals surface area contributed by atoms with Gasteiger partial charge in [-0.3, -0.25) is 0 Å². The summed E-state index contributed by atoms with van der Waals surface area (Å²) in [7, 11) is 0. The highest BCUT2D eigenvalue weighted by molar-refractivity contribution is 4.56. The smallest absolute Gasteiger partial charge is 0.227 e. The molecule has 0 saturated heterocycles. The topological polar surface area (TPSA) is 149 Å². The molecule has 0 rings (SSSR count). The van der Waals surface area contributed by atoms with Crippen LogP contribution in [0.5, 0.6) is 0 Å². The second kappa shape index (κ2) is 7.69. The highest BCUT2D eigenvalue weighted by Gasteiger charge is 1.65. The molecule has 10 heteroatoms. The van der Waals surface area contributed by atoms with E-state index in [9.17, 15) is 0 Å². The highest BCUT2D eigenvalue weighted by atomic mass is 15.6. The Bertz CT molecular complexity index is 224. The van der Waals surface area contributed by atoms with Gasteiger partial charge < -0.3 is 5.84 Å². The van der Waals surface area contributed by atoms with E-state index in [0.717, 1.165) is 0 Å². The van der Waals surface area contributed by atoms with E-state index in [2.05, 4.69) is 47.5 Å². The van der Waals surface area contributed by atoms with Gasteiger partial charge in [0.25, 0.3) is 0 Å². The average Bonchev–Trinajstić information content (AvgIpc) is 2.03. The second-order valence-electron chi connectivity index (χ2n) is 0.852. The predicted octanol–water partition coefficient (Wildman–Crippen LogP) is 0.895. The number of hydrogen-bond donors (Lipinski definition) is 1. The van der Waals surface area contributed by atoms with Crippen molar-refractivity contribution in [3.8, 4) is 6.19 Å². The molecule has 0 aliphatic carbocycles. The third-order valence-electron chi connectivity index (χ3n) is 0.341. The standard InChI is InChI=1S/CH2N10/c2-1-4-6-8-10-11-9-7-5-3/h(H2,3,4,7,8,11). The van der Waals surface area contributed by atoms with Crippen LogP contribution in [0.4, 0.5) is 0 Å². The third kappa shape index (κ3) is 7.69. The summed E-state index contributed by atoms with van der Waals surface area (Å²) in [6.45, 7) is 0. The van der Waals surface area contributed by atoms with Crippen molar-refractivity contribution >= 4 is 0 Å². The van der Waals surface area contributed by atoms with E-state index in [1.165, 1.54) is 6.19 Å². The van der Waals surface area contributed by atoms with Gasteiger partial charge in [0.15, 0.2) is 0 Å². The van der Waals surface area contributed by atoms with Crippen LogP contribution in [-0.2, 0) is 0 Å². The van der Waals surface area contributed by atoms with Crippen molar-refractivity contribution in [3.63, 3.8) is 0 Å². The van der Waals surface area contributed by atoms with Crippen molar-refractivity contribution in [1.29, 1.82) is 5.26 Å². The van der Waals surface area contributed by atoms with Crippen LogP contribution in [0.15, 0.2) is 41.7 Å². The first-order chi connectivity index (χ1) is 5.41. The second-order valence-corrected chi connectivity index (χ2v) is 0.852. The van der Waals surface area contributed by atoms with Crippen LogP contribution in [0.1, 0.15) is 0 Å². The van der Waals surface area contributed by atoms with Gasteiger partial charge >= 0.3 is 0 Å². The molecule has 0 atom stereocenters. The van der Waals surface area contributed by atoms with Gasteiger partial charge in [0.1, 0.15) is 0 Å². The lowest BCUT2D eigenvalue weighted by Gasteiger charge is -1.66. The molecule has 2 N–H and O–H groups in total. The summed E-state index contributed by atoms with van der Waals surface area (Å²) in [5, 5.41) is 30.6. The lowest BCUT2D eigenvalue weighted by Crippen LogP contribution is -1.70. The van der Waals surface area contributed by atoms with Gasteiger partial charge in [0.2, 0.25) is 6.19 Å². The lowest BCUT2D eigenvalue weighted by molar-refractivity contribution is 0.791. The fourth-order valence-corrected chi connectivity index (χ4v) is 0.135. The number of hydrogen-bond acceptors (Lipinski definition) is 3. The first kappa shape index (κ1) is 8.69. The molecular weight excluding hydrogens is 152 g/mol. The monoisotopic (exact) mass is 154 g/mol. The normalized spacial score (nSPS) is 12.3. The molecule has 0 aromatic rings. The molecule has 0 unspecified atom stereocenters. The molecule has 0 bridgehead atoms. The zero-order valence-corrected chi connectivity index (χ0v) is 5.10. The van der Waals surface area contributed by atoms with Crippen molar-refractivity contribution in [2.45, 2.75) is 0 Å². The first-order valence-corrected chi connectivity index (χ1v) is 2.11. The molecule has 0 amide bonds. The minimum absolute atomic E-state index is 1.34. The van der Waals surface area contributed by atoms with Gasteiger partial charge in [-0.15, -0.1) is 0 Å². The van der Waals surface area contributed by atoms with Crippen LogP contribution in [-0.4, -0.2) is 0 Å². The van der Waals surface area contributed by atoms with Gasteiger partial charge in [-0.25, -0.2) is 0 Å². The summed E-state index contributed by atoms with van der Waals surface area (Å²) in [5.41, 5.74) is 0. The SMILES string of the molecule is N#C/N=N/N=N/N=N/N=N/N. The Hall–Kier alpha value is -2.31. The van der Waals surface area contributed by atoms with Crippen molar-refractivity contribution < 1.29 is 0 Å². The third-order valence-corrected chi connectivity index (χ3v) is 0.341. The maximum Gasteiger partial charge on any atom is 0.227 e. The van der Waals surface area contributed by atoms with Crippen LogP contribution in [0, 0.1) is 11.5 Å². The average molecular weight is 154 g/mol. The zero-order valence-electron chi connectivity index (χ0n) is 5.10. The van der Waals surface area contributed by atoms with Crippen molar-refractivity contribution in [1.82, 2.24) is 0 Å². The van der Waals surface area contributed by atoms with Crippen LogP contribution >= 0.6 is 0 Å². The summed E-state index contributed by atoms with van der Waals surface area (Å²) in [6.07, 6.45) is 1.34. The van der Waals surface area contributed by atoms with Gasteiger partial charge in [-0.1, -0.05) is 5.22 Å². The predicted molar refractivity (Wildman–Crippen MR) is 29.2 cm³/mol. The van der Waals surface area contributed by atoms with Crippen LogP contribution in [0.3, 0.4) is 0 Å². The minimum atomic E-state index is 1.34.